The van der Waals surface area contributed by atoms with Gasteiger partial charge >= 0.3 is 0 Å². The van der Waals surface area contributed by atoms with Crippen LogP contribution in [0.1, 0.15) is 11.6 Å². The number of hydrogen-bond acceptors (Lipinski definition) is 3. The van der Waals surface area contributed by atoms with Gasteiger partial charge in [-0.05, 0) is 17.7 Å². The number of azide groups is 1. The van der Waals surface area contributed by atoms with E-state index in [2.05, 4.69) is 15.0 Å². The predicted octanol–water partition coefficient (Wildman–Crippen LogP) is 3.23. The number of halogens is 1. The molecule has 1 heterocycles. The maximum absolute atomic E-state index is 9.16. The van der Waals surface area contributed by atoms with Crippen molar-refractivity contribution in [2.45, 2.75) is 6.04 Å². The second-order valence-corrected chi connectivity index (χ2v) is 3.82. The maximum Gasteiger partial charge on any atom is 0.133 e. The lowest BCUT2D eigenvalue weighted by Crippen LogP contribution is -2.02. The van der Waals surface area contributed by atoms with E-state index in [1.807, 2.05) is 24.3 Å². The van der Waals surface area contributed by atoms with Crippen molar-refractivity contribution in [3.63, 3.8) is 0 Å². The molecule has 1 unspecified atom stereocenters. The third-order valence-electron chi connectivity index (χ3n) is 2.43. The van der Waals surface area contributed by atoms with Gasteiger partial charge in [-0.1, -0.05) is 34.9 Å². The number of nitrogens with zero attached hydrogens (tertiary/aromatic N) is 4. The average Bonchev–Trinajstić information content (AvgIpc) is 2.35. The molecule has 0 radical (unpaired) electrons. The average molecular weight is 249 g/mol. The first-order valence-electron chi connectivity index (χ1n) is 4.96. The summed E-state index contributed by atoms with van der Waals surface area (Å²) < 4.78 is 0. The van der Waals surface area contributed by atoms with Gasteiger partial charge in [0, 0.05) is 15.9 Å². The van der Waals surface area contributed by atoms with E-state index in [0.29, 0.717) is 5.56 Å². The quantitative estimate of drug-likeness (QED) is 0.391. The standard InChI is InChI=1S/C11H9ClN4O/c12-11-8(10(6-17)15-16-13)5-7-3-1-2-4-9(7)14-11/h1-5,10,17H,6H2. The highest BCUT2D eigenvalue weighted by Crippen LogP contribution is 2.27. The zero-order chi connectivity index (χ0) is 12.3. The Bertz CT molecular complexity index is 595. The molecule has 0 aliphatic rings. The number of pyridine rings is 1. The van der Waals surface area contributed by atoms with E-state index in [-0.39, 0.29) is 11.8 Å². The number of hydrogen-bond donors (Lipinski definition) is 1. The SMILES string of the molecule is [N-]=[N+]=NC(CO)c1cc2ccccc2nc1Cl. The minimum absolute atomic E-state index is 0.246. The summed E-state index contributed by atoms with van der Waals surface area (Å²) in [4.78, 5) is 6.88. The van der Waals surface area contributed by atoms with E-state index in [9.17, 15) is 0 Å². The van der Waals surface area contributed by atoms with E-state index in [4.69, 9.17) is 22.2 Å². The fraction of sp³-hybridized carbons (Fsp3) is 0.182. The van der Waals surface area contributed by atoms with E-state index >= 15 is 0 Å². The van der Waals surface area contributed by atoms with Crippen molar-refractivity contribution in [2.75, 3.05) is 6.61 Å². The highest BCUT2D eigenvalue weighted by Gasteiger charge is 2.14. The van der Waals surface area contributed by atoms with Crippen molar-refractivity contribution >= 4 is 22.5 Å². The van der Waals surface area contributed by atoms with Crippen molar-refractivity contribution < 1.29 is 5.11 Å². The Morgan fingerprint density at radius 3 is 2.94 bits per heavy atom. The van der Waals surface area contributed by atoms with Crippen LogP contribution in [0.25, 0.3) is 21.3 Å². The Labute approximate surface area is 102 Å². The molecule has 0 fully saturated rings. The lowest BCUT2D eigenvalue weighted by atomic mass is 10.1. The molecule has 6 heteroatoms. The Balaban J connectivity index is 2.60. The Hall–Kier alpha value is -1.81. The van der Waals surface area contributed by atoms with Gasteiger partial charge in [-0.15, -0.1) is 0 Å². The van der Waals surface area contributed by atoms with Crippen LogP contribution < -0.4 is 0 Å². The lowest BCUT2D eigenvalue weighted by molar-refractivity contribution is 0.268. The Morgan fingerprint density at radius 1 is 1.47 bits per heavy atom. The van der Waals surface area contributed by atoms with Gasteiger partial charge in [0.2, 0.25) is 0 Å². The largest absolute Gasteiger partial charge is 0.396 e. The monoisotopic (exact) mass is 248 g/mol. The number of rotatable bonds is 3. The van der Waals surface area contributed by atoms with Crippen molar-refractivity contribution in [2.24, 2.45) is 5.11 Å². The van der Waals surface area contributed by atoms with Gasteiger partial charge in [-0.3, -0.25) is 0 Å². The number of fused-ring (bicyclic) bond motifs is 1. The predicted molar refractivity (Wildman–Crippen MR) is 65.7 cm³/mol. The zero-order valence-corrected chi connectivity index (χ0v) is 9.54. The molecule has 2 aromatic rings. The molecule has 0 aliphatic carbocycles. The van der Waals surface area contributed by atoms with Crippen molar-refractivity contribution in [1.29, 1.82) is 0 Å². The van der Waals surface area contributed by atoms with Gasteiger partial charge in [0.15, 0.2) is 0 Å². The summed E-state index contributed by atoms with van der Waals surface area (Å²) in [6.07, 6.45) is 0. The molecule has 86 valence electrons. The summed E-state index contributed by atoms with van der Waals surface area (Å²) in [6.45, 7) is -0.302. The number of aliphatic hydroxyl groups is 1. The smallest absolute Gasteiger partial charge is 0.133 e. The molecule has 5 nitrogen and oxygen atoms in total. The molecule has 1 N–H and O–H groups in total. The van der Waals surface area contributed by atoms with Crippen molar-refractivity contribution in [1.82, 2.24) is 4.98 Å². The minimum Gasteiger partial charge on any atom is -0.396 e. The highest BCUT2D eigenvalue weighted by atomic mass is 35.5. The number of aliphatic hydroxyl groups excluding tert-OH is 1. The summed E-state index contributed by atoms with van der Waals surface area (Å²) in [5.41, 5.74) is 9.71. The van der Waals surface area contributed by atoms with Crippen LogP contribution >= 0.6 is 11.6 Å². The molecule has 17 heavy (non-hydrogen) atoms. The van der Waals surface area contributed by atoms with Crippen LogP contribution in [0.15, 0.2) is 35.4 Å². The molecular formula is C11H9ClN4O. The minimum atomic E-state index is -0.704. The second kappa shape index (κ2) is 5.01. The van der Waals surface area contributed by atoms with Gasteiger partial charge in [0.1, 0.15) is 5.15 Å². The van der Waals surface area contributed by atoms with E-state index < -0.39 is 6.04 Å². The molecule has 0 bridgehead atoms. The lowest BCUT2D eigenvalue weighted by Gasteiger charge is -2.10. The number of aromatic nitrogens is 1. The summed E-state index contributed by atoms with van der Waals surface area (Å²) in [5, 5.41) is 13.8. The molecule has 0 saturated heterocycles. The molecule has 0 spiro atoms. The van der Waals surface area contributed by atoms with Crippen LogP contribution in [-0.4, -0.2) is 16.7 Å². The first kappa shape index (κ1) is 11.7. The molecule has 0 amide bonds. The van der Waals surface area contributed by atoms with E-state index in [1.54, 1.807) is 6.07 Å². The van der Waals surface area contributed by atoms with Crippen LogP contribution in [-0.2, 0) is 0 Å². The molecule has 0 saturated carbocycles. The van der Waals surface area contributed by atoms with Gasteiger partial charge < -0.3 is 5.11 Å². The van der Waals surface area contributed by atoms with E-state index in [1.165, 1.54) is 0 Å². The Kier molecular flexibility index (Phi) is 3.44. The van der Waals surface area contributed by atoms with Gasteiger partial charge in [0.05, 0.1) is 18.2 Å². The first-order chi connectivity index (χ1) is 8.26. The fourth-order valence-corrected chi connectivity index (χ4v) is 1.87. The number of benzene rings is 1. The van der Waals surface area contributed by atoms with Crippen LogP contribution in [0.5, 0.6) is 0 Å². The Morgan fingerprint density at radius 2 is 2.24 bits per heavy atom. The summed E-state index contributed by atoms with van der Waals surface area (Å²) in [6, 6.07) is 8.54. The normalized spacial score (nSPS) is 12.1. The fourth-order valence-electron chi connectivity index (χ4n) is 1.60. The van der Waals surface area contributed by atoms with Gasteiger partial charge in [0.25, 0.3) is 0 Å². The zero-order valence-electron chi connectivity index (χ0n) is 8.79. The summed E-state index contributed by atoms with van der Waals surface area (Å²) in [7, 11) is 0. The highest BCUT2D eigenvalue weighted by molar-refractivity contribution is 6.30. The second-order valence-electron chi connectivity index (χ2n) is 3.46. The first-order valence-corrected chi connectivity index (χ1v) is 5.34. The topological polar surface area (TPSA) is 81.9 Å². The molecule has 1 aromatic heterocycles. The van der Waals surface area contributed by atoms with E-state index in [0.717, 1.165) is 10.9 Å². The van der Waals surface area contributed by atoms with Crippen LogP contribution in [0.4, 0.5) is 0 Å². The van der Waals surface area contributed by atoms with Crippen LogP contribution in [0.3, 0.4) is 0 Å². The molecular weight excluding hydrogens is 240 g/mol. The molecule has 1 atom stereocenters. The third-order valence-corrected chi connectivity index (χ3v) is 2.73. The number of para-hydroxylation sites is 1. The molecule has 0 aliphatic heterocycles. The van der Waals surface area contributed by atoms with Gasteiger partial charge in [-0.2, -0.15) is 0 Å². The maximum atomic E-state index is 9.16. The van der Waals surface area contributed by atoms with Crippen LogP contribution in [0.2, 0.25) is 5.15 Å². The van der Waals surface area contributed by atoms with Crippen molar-refractivity contribution in [3.8, 4) is 0 Å². The van der Waals surface area contributed by atoms with Crippen LogP contribution in [0, 0.1) is 0 Å². The molecule has 2 rings (SSSR count). The summed E-state index contributed by atoms with van der Waals surface area (Å²) in [5.74, 6) is 0. The van der Waals surface area contributed by atoms with Crippen molar-refractivity contribution in [3.05, 3.63) is 51.5 Å². The van der Waals surface area contributed by atoms with Gasteiger partial charge in [-0.25, -0.2) is 4.98 Å². The summed E-state index contributed by atoms with van der Waals surface area (Å²) >= 11 is 6.01. The third kappa shape index (κ3) is 2.31. The molecule has 1 aromatic carbocycles.